The zero-order valence-electron chi connectivity index (χ0n) is 5.84. The van der Waals surface area contributed by atoms with E-state index in [9.17, 15) is 0 Å². The molecule has 0 aromatic heterocycles. The first-order valence-corrected chi connectivity index (χ1v) is 3.60. The van der Waals surface area contributed by atoms with Crippen molar-refractivity contribution in [1.82, 2.24) is 0 Å². The van der Waals surface area contributed by atoms with Crippen LogP contribution in [-0.4, -0.2) is 23.9 Å². The van der Waals surface area contributed by atoms with Crippen molar-refractivity contribution in [3.05, 3.63) is 0 Å². The van der Waals surface area contributed by atoms with Crippen LogP contribution in [0.5, 0.6) is 0 Å². The van der Waals surface area contributed by atoms with Crippen molar-refractivity contribution in [2.75, 3.05) is 6.61 Å². The van der Waals surface area contributed by atoms with Crippen LogP contribution >= 0.6 is 0 Å². The van der Waals surface area contributed by atoms with E-state index in [0.717, 1.165) is 19.4 Å². The predicted octanol–water partition coefficient (Wildman–Crippen LogP) is 0.936. The van der Waals surface area contributed by atoms with Crippen LogP contribution in [0.15, 0.2) is 0 Å². The monoisotopic (exact) mass is 130 g/mol. The lowest BCUT2D eigenvalue weighted by Crippen LogP contribution is -2.29. The molecule has 0 bridgehead atoms. The van der Waals surface area contributed by atoms with Crippen LogP contribution in [0.1, 0.15) is 26.2 Å². The van der Waals surface area contributed by atoms with Crippen molar-refractivity contribution >= 4 is 0 Å². The van der Waals surface area contributed by atoms with Gasteiger partial charge < -0.3 is 9.84 Å². The highest BCUT2D eigenvalue weighted by atomic mass is 16.5. The molecule has 0 amide bonds. The molecule has 1 saturated heterocycles. The fourth-order valence-electron chi connectivity index (χ4n) is 1.15. The van der Waals surface area contributed by atoms with Crippen LogP contribution in [0.25, 0.3) is 0 Å². The van der Waals surface area contributed by atoms with Crippen molar-refractivity contribution in [3.8, 4) is 0 Å². The Bertz CT molecular complexity index is 75.0. The van der Waals surface area contributed by atoms with E-state index in [-0.39, 0.29) is 12.2 Å². The normalized spacial score (nSPS) is 32.0. The quantitative estimate of drug-likeness (QED) is 0.572. The first-order chi connectivity index (χ1) is 4.30. The highest BCUT2D eigenvalue weighted by Gasteiger charge is 2.17. The van der Waals surface area contributed by atoms with Gasteiger partial charge in [-0.2, -0.15) is 0 Å². The molecule has 2 heteroatoms. The second kappa shape index (κ2) is 3.18. The standard InChI is InChI=1S/C7H14O2/c1-6(8)7-4-2-3-5-9-7/h6-8H,2-5H2,1H3/t6-,7?/m1/s1. The summed E-state index contributed by atoms with van der Waals surface area (Å²) >= 11 is 0. The largest absolute Gasteiger partial charge is 0.391 e. The lowest BCUT2D eigenvalue weighted by Gasteiger charge is -2.24. The Morgan fingerprint density at radius 2 is 2.33 bits per heavy atom. The molecule has 1 N–H and O–H groups in total. The van der Waals surface area contributed by atoms with Gasteiger partial charge in [-0.25, -0.2) is 0 Å². The van der Waals surface area contributed by atoms with Gasteiger partial charge in [-0.15, -0.1) is 0 Å². The van der Waals surface area contributed by atoms with E-state index >= 15 is 0 Å². The number of aliphatic hydroxyl groups is 1. The molecule has 1 heterocycles. The molecule has 0 aromatic carbocycles. The minimum atomic E-state index is -0.287. The minimum absolute atomic E-state index is 0.110. The number of rotatable bonds is 1. The lowest BCUT2D eigenvalue weighted by atomic mass is 10.1. The number of ether oxygens (including phenoxy) is 1. The summed E-state index contributed by atoms with van der Waals surface area (Å²) in [5.41, 5.74) is 0. The van der Waals surface area contributed by atoms with E-state index in [2.05, 4.69) is 0 Å². The Kier molecular flexibility index (Phi) is 2.49. The summed E-state index contributed by atoms with van der Waals surface area (Å²) in [6.45, 7) is 2.62. The third-order valence-electron chi connectivity index (χ3n) is 1.75. The van der Waals surface area contributed by atoms with Crippen LogP contribution in [-0.2, 0) is 4.74 Å². The molecular weight excluding hydrogens is 116 g/mol. The van der Waals surface area contributed by atoms with E-state index in [1.165, 1.54) is 6.42 Å². The van der Waals surface area contributed by atoms with Crippen LogP contribution in [0.3, 0.4) is 0 Å². The highest BCUT2D eigenvalue weighted by molar-refractivity contribution is 4.67. The van der Waals surface area contributed by atoms with E-state index in [0.29, 0.717) is 0 Å². The van der Waals surface area contributed by atoms with Crippen LogP contribution < -0.4 is 0 Å². The molecule has 0 spiro atoms. The molecule has 1 aliphatic rings. The van der Waals surface area contributed by atoms with Gasteiger partial charge in [0.2, 0.25) is 0 Å². The molecule has 1 rings (SSSR count). The van der Waals surface area contributed by atoms with Crippen molar-refractivity contribution in [3.63, 3.8) is 0 Å². The fourth-order valence-corrected chi connectivity index (χ4v) is 1.15. The van der Waals surface area contributed by atoms with Gasteiger partial charge in [0, 0.05) is 6.61 Å². The molecule has 0 saturated carbocycles. The van der Waals surface area contributed by atoms with Gasteiger partial charge in [0.1, 0.15) is 0 Å². The Balaban J connectivity index is 2.23. The predicted molar refractivity (Wildman–Crippen MR) is 35.3 cm³/mol. The first-order valence-electron chi connectivity index (χ1n) is 3.60. The fraction of sp³-hybridized carbons (Fsp3) is 1.00. The Hall–Kier alpha value is -0.0800. The Morgan fingerprint density at radius 3 is 2.67 bits per heavy atom. The molecule has 9 heavy (non-hydrogen) atoms. The first kappa shape index (κ1) is 7.03. The van der Waals surface area contributed by atoms with Gasteiger partial charge >= 0.3 is 0 Å². The van der Waals surface area contributed by atoms with Crippen molar-refractivity contribution in [2.45, 2.75) is 38.4 Å². The average Bonchev–Trinajstić information content (AvgIpc) is 1.90. The van der Waals surface area contributed by atoms with Gasteiger partial charge in [-0.1, -0.05) is 0 Å². The molecule has 0 aliphatic carbocycles. The van der Waals surface area contributed by atoms with Gasteiger partial charge in [0.15, 0.2) is 0 Å². The Morgan fingerprint density at radius 1 is 1.56 bits per heavy atom. The maximum atomic E-state index is 9.05. The number of hydrogen-bond donors (Lipinski definition) is 1. The SMILES string of the molecule is C[C@@H](O)C1CCCCO1. The summed E-state index contributed by atoms with van der Waals surface area (Å²) in [4.78, 5) is 0. The number of hydrogen-bond acceptors (Lipinski definition) is 2. The molecule has 1 unspecified atom stereocenters. The lowest BCUT2D eigenvalue weighted by molar-refractivity contribution is -0.0544. The zero-order valence-corrected chi connectivity index (χ0v) is 5.84. The summed E-state index contributed by atoms with van der Waals surface area (Å²) in [6, 6.07) is 0. The summed E-state index contributed by atoms with van der Waals surface area (Å²) in [5.74, 6) is 0. The van der Waals surface area contributed by atoms with Gasteiger partial charge in [0.25, 0.3) is 0 Å². The smallest absolute Gasteiger partial charge is 0.0831 e. The summed E-state index contributed by atoms with van der Waals surface area (Å²) < 4.78 is 5.29. The van der Waals surface area contributed by atoms with E-state index in [1.807, 2.05) is 0 Å². The Labute approximate surface area is 55.8 Å². The van der Waals surface area contributed by atoms with Gasteiger partial charge in [-0.05, 0) is 26.2 Å². The summed E-state index contributed by atoms with van der Waals surface area (Å²) in [7, 11) is 0. The van der Waals surface area contributed by atoms with E-state index < -0.39 is 0 Å². The van der Waals surface area contributed by atoms with Gasteiger partial charge in [-0.3, -0.25) is 0 Å². The summed E-state index contributed by atoms with van der Waals surface area (Å²) in [6.07, 6.45) is 3.21. The number of aliphatic hydroxyl groups excluding tert-OH is 1. The minimum Gasteiger partial charge on any atom is -0.391 e. The third kappa shape index (κ3) is 1.95. The van der Waals surface area contributed by atoms with E-state index in [1.54, 1.807) is 6.92 Å². The van der Waals surface area contributed by atoms with Crippen LogP contribution in [0.4, 0.5) is 0 Å². The van der Waals surface area contributed by atoms with Crippen molar-refractivity contribution < 1.29 is 9.84 Å². The second-order valence-electron chi connectivity index (χ2n) is 2.65. The van der Waals surface area contributed by atoms with Crippen molar-refractivity contribution in [2.24, 2.45) is 0 Å². The van der Waals surface area contributed by atoms with E-state index in [4.69, 9.17) is 9.84 Å². The molecule has 1 aliphatic heterocycles. The maximum absolute atomic E-state index is 9.05. The molecule has 2 atom stereocenters. The second-order valence-corrected chi connectivity index (χ2v) is 2.65. The molecule has 54 valence electrons. The van der Waals surface area contributed by atoms with Gasteiger partial charge in [0.05, 0.1) is 12.2 Å². The third-order valence-corrected chi connectivity index (χ3v) is 1.75. The molecule has 1 fully saturated rings. The molecule has 0 aromatic rings. The molecule has 2 nitrogen and oxygen atoms in total. The molecular formula is C7H14O2. The molecule has 0 radical (unpaired) electrons. The highest BCUT2D eigenvalue weighted by Crippen LogP contribution is 2.14. The topological polar surface area (TPSA) is 29.5 Å². The van der Waals surface area contributed by atoms with Crippen LogP contribution in [0, 0.1) is 0 Å². The maximum Gasteiger partial charge on any atom is 0.0831 e. The zero-order chi connectivity index (χ0) is 6.69. The average molecular weight is 130 g/mol. The summed E-state index contributed by atoms with van der Waals surface area (Å²) in [5, 5.41) is 9.05. The van der Waals surface area contributed by atoms with Crippen LogP contribution in [0.2, 0.25) is 0 Å². The van der Waals surface area contributed by atoms with Crippen molar-refractivity contribution in [1.29, 1.82) is 0 Å².